The first-order valence-electron chi connectivity index (χ1n) is 2.43. The van der Waals surface area contributed by atoms with E-state index in [4.69, 9.17) is 5.11 Å². The minimum Gasteiger partial charge on any atom is -0.507 e. The summed E-state index contributed by atoms with van der Waals surface area (Å²) in [6.45, 7) is 0.0450. The van der Waals surface area contributed by atoms with Crippen molar-refractivity contribution in [2.24, 2.45) is 0 Å². The molecule has 1 N–H and O–H groups in total. The lowest BCUT2D eigenvalue weighted by Crippen LogP contribution is -2.22. The zero-order valence-electron chi connectivity index (χ0n) is 4.61. The fraction of sp³-hybridized carbons (Fsp3) is 0.400. The number of aliphatic hydroxyl groups is 1. The van der Waals surface area contributed by atoms with E-state index in [0.29, 0.717) is 6.29 Å². The molecule has 9 heavy (non-hydrogen) atoms. The second-order valence-corrected chi connectivity index (χ2v) is 1.56. The van der Waals surface area contributed by atoms with Crippen LogP contribution in [0.2, 0.25) is 0 Å². The summed E-state index contributed by atoms with van der Waals surface area (Å²) in [6.07, 6.45) is 0.770. The monoisotopic (exact) mass is 130 g/mol. The summed E-state index contributed by atoms with van der Waals surface area (Å²) in [5.74, 6) is -0.00639. The third-order valence-electron chi connectivity index (χ3n) is 0.845. The fourth-order valence-electron chi connectivity index (χ4n) is 0.458. The molecule has 0 spiro atoms. The molecule has 0 aromatic carbocycles. The van der Waals surface area contributed by atoms with Gasteiger partial charge in [0, 0.05) is 0 Å². The van der Waals surface area contributed by atoms with Gasteiger partial charge in [0.25, 0.3) is 6.29 Å². The normalized spacial score (nSPS) is 26.2. The highest BCUT2D eigenvalue weighted by Crippen LogP contribution is 2.03. The van der Waals surface area contributed by atoms with Crippen LogP contribution >= 0.6 is 0 Å². The van der Waals surface area contributed by atoms with Gasteiger partial charge in [0.05, 0.1) is 0 Å². The average molecular weight is 130 g/mol. The van der Waals surface area contributed by atoms with E-state index in [1.807, 2.05) is 0 Å². The predicted molar refractivity (Wildman–Crippen MR) is 27.6 cm³/mol. The average Bonchev–Trinajstić information content (AvgIpc) is 1.90. The molecule has 4 heteroatoms. The highest BCUT2D eigenvalue weighted by Gasteiger charge is 2.12. The van der Waals surface area contributed by atoms with Gasteiger partial charge in [-0.25, -0.2) is 0 Å². The van der Waals surface area contributed by atoms with Crippen molar-refractivity contribution in [1.29, 1.82) is 0 Å². The standard InChI is InChI=1S/C5H6O4/c6-1-5-8-2-4(7)3-9-5/h1-2,5,7H,3H2. The van der Waals surface area contributed by atoms with Crippen LogP contribution < -0.4 is 0 Å². The molecule has 1 unspecified atom stereocenters. The van der Waals surface area contributed by atoms with Crippen LogP contribution in [0.15, 0.2) is 12.0 Å². The molecular formula is C5H6O4. The Bertz CT molecular complexity index is 140. The number of hydrogen-bond acceptors (Lipinski definition) is 4. The van der Waals surface area contributed by atoms with Crippen molar-refractivity contribution in [3.63, 3.8) is 0 Å². The van der Waals surface area contributed by atoms with Gasteiger partial charge in [0.2, 0.25) is 0 Å². The second-order valence-electron chi connectivity index (χ2n) is 1.56. The maximum absolute atomic E-state index is 9.91. The molecule has 0 fully saturated rings. The first-order valence-corrected chi connectivity index (χ1v) is 2.43. The summed E-state index contributed by atoms with van der Waals surface area (Å²) in [4.78, 5) is 9.91. The maximum Gasteiger partial charge on any atom is 0.256 e. The van der Waals surface area contributed by atoms with Gasteiger partial charge in [-0.3, -0.25) is 4.79 Å². The lowest BCUT2D eigenvalue weighted by Gasteiger charge is -2.15. The Labute approximate surface area is 51.7 Å². The Morgan fingerprint density at radius 3 is 3.11 bits per heavy atom. The molecule has 1 aliphatic heterocycles. The fourth-order valence-corrected chi connectivity index (χ4v) is 0.458. The molecule has 0 aromatic heterocycles. The van der Waals surface area contributed by atoms with Crippen molar-refractivity contribution in [1.82, 2.24) is 0 Å². The molecule has 0 aromatic rings. The molecule has 50 valence electrons. The van der Waals surface area contributed by atoms with Crippen molar-refractivity contribution in [3.05, 3.63) is 12.0 Å². The summed E-state index contributed by atoms with van der Waals surface area (Å²) in [6, 6.07) is 0. The lowest BCUT2D eigenvalue weighted by molar-refractivity contribution is -0.150. The van der Waals surface area contributed by atoms with E-state index in [-0.39, 0.29) is 12.4 Å². The van der Waals surface area contributed by atoms with Crippen LogP contribution in [0.1, 0.15) is 0 Å². The molecule has 0 saturated heterocycles. The molecular weight excluding hydrogens is 124 g/mol. The smallest absolute Gasteiger partial charge is 0.256 e. The minimum absolute atomic E-state index is 0.00639. The topological polar surface area (TPSA) is 55.8 Å². The molecule has 0 radical (unpaired) electrons. The van der Waals surface area contributed by atoms with Crippen molar-refractivity contribution in [3.8, 4) is 0 Å². The van der Waals surface area contributed by atoms with E-state index >= 15 is 0 Å². The van der Waals surface area contributed by atoms with Gasteiger partial charge in [-0.05, 0) is 0 Å². The van der Waals surface area contributed by atoms with Gasteiger partial charge in [-0.1, -0.05) is 0 Å². The zero-order valence-corrected chi connectivity index (χ0v) is 4.61. The van der Waals surface area contributed by atoms with Crippen LogP contribution in [0.5, 0.6) is 0 Å². The van der Waals surface area contributed by atoms with Crippen LogP contribution in [-0.4, -0.2) is 24.3 Å². The van der Waals surface area contributed by atoms with E-state index in [2.05, 4.69) is 9.47 Å². The first kappa shape index (κ1) is 6.10. The summed E-state index contributed by atoms with van der Waals surface area (Å²) in [7, 11) is 0. The maximum atomic E-state index is 9.91. The van der Waals surface area contributed by atoms with Crippen molar-refractivity contribution >= 4 is 6.29 Å². The number of carbonyl (C=O) groups excluding carboxylic acids is 1. The molecule has 1 aliphatic rings. The van der Waals surface area contributed by atoms with Gasteiger partial charge in [-0.2, -0.15) is 0 Å². The number of aldehydes is 1. The van der Waals surface area contributed by atoms with Gasteiger partial charge < -0.3 is 14.6 Å². The Morgan fingerprint density at radius 2 is 2.67 bits per heavy atom. The van der Waals surface area contributed by atoms with Crippen molar-refractivity contribution in [2.75, 3.05) is 6.61 Å². The molecule has 4 nitrogen and oxygen atoms in total. The summed E-state index contributed by atoms with van der Waals surface area (Å²) >= 11 is 0. The molecule has 1 atom stereocenters. The predicted octanol–water partition coefficient (Wildman–Crippen LogP) is -0.0424. The summed E-state index contributed by atoms with van der Waals surface area (Å²) < 4.78 is 9.17. The van der Waals surface area contributed by atoms with E-state index in [0.717, 1.165) is 6.26 Å². The van der Waals surface area contributed by atoms with Crippen LogP contribution in [0, 0.1) is 0 Å². The van der Waals surface area contributed by atoms with E-state index in [1.54, 1.807) is 0 Å². The molecule has 1 rings (SSSR count). The largest absolute Gasteiger partial charge is 0.507 e. The van der Waals surface area contributed by atoms with Crippen LogP contribution in [0.4, 0.5) is 0 Å². The molecule has 0 amide bonds. The van der Waals surface area contributed by atoms with Gasteiger partial charge in [0.15, 0.2) is 12.0 Å². The summed E-state index contributed by atoms with van der Waals surface area (Å²) in [5.41, 5.74) is 0. The third kappa shape index (κ3) is 1.43. The van der Waals surface area contributed by atoms with Crippen molar-refractivity contribution < 1.29 is 19.4 Å². The second kappa shape index (κ2) is 2.50. The SMILES string of the molecule is O=CC1OC=C(O)CO1. The number of carbonyl (C=O) groups is 1. The number of rotatable bonds is 1. The summed E-state index contributed by atoms with van der Waals surface area (Å²) in [5, 5.41) is 8.62. The Kier molecular flexibility index (Phi) is 1.69. The molecule has 0 aliphatic carbocycles. The quantitative estimate of drug-likeness (QED) is 0.506. The minimum atomic E-state index is -0.846. The first-order chi connectivity index (χ1) is 4.33. The highest BCUT2D eigenvalue weighted by molar-refractivity contribution is 5.54. The Hall–Kier alpha value is -1.03. The van der Waals surface area contributed by atoms with Crippen molar-refractivity contribution in [2.45, 2.75) is 6.29 Å². The highest BCUT2D eigenvalue weighted by atomic mass is 16.7. The number of ether oxygens (including phenoxy) is 2. The third-order valence-corrected chi connectivity index (χ3v) is 0.845. The van der Waals surface area contributed by atoms with Crippen LogP contribution in [0.3, 0.4) is 0 Å². The van der Waals surface area contributed by atoms with E-state index in [1.165, 1.54) is 0 Å². The van der Waals surface area contributed by atoms with Gasteiger partial charge >= 0.3 is 0 Å². The van der Waals surface area contributed by atoms with E-state index < -0.39 is 6.29 Å². The number of aliphatic hydroxyl groups excluding tert-OH is 1. The van der Waals surface area contributed by atoms with Gasteiger partial charge in [0.1, 0.15) is 12.9 Å². The molecule has 0 saturated carbocycles. The molecule has 1 heterocycles. The van der Waals surface area contributed by atoms with Crippen LogP contribution in [0.25, 0.3) is 0 Å². The lowest BCUT2D eigenvalue weighted by atomic mass is 10.5. The number of hydrogen-bond donors (Lipinski definition) is 1. The van der Waals surface area contributed by atoms with E-state index in [9.17, 15) is 4.79 Å². The zero-order chi connectivity index (χ0) is 6.69. The molecule has 0 bridgehead atoms. The Morgan fingerprint density at radius 1 is 1.89 bits per heavy atom. The van der Waals surface area contributed by atoms with Gasteiger partial charge in [-0.15, -0.1) is 0 Å². The van der Waals surface area contributed by atoms with Crippen LogP contribution in [-0.2, 0) is 14.3 Å². The Balaban J connectivity index is 2.45.